The highest BCUT2D eigenvalue weighted by molar-refractivity contribution is 7.09. The summed E-state index contributed by atoms with van der Waals surface area (Å²) in [6, 6.07) is 8.36. The van der Waals surface area contributed by atoms with E-state index in [0.717, 1.165) is 31.4 Å². The summed E-state index contributed by atoms with van der Waals surface area (Å²) in [6.07, 6.45) is 3.18. The van der Waals surface area contributed by atoms with Gasteiger partial charge in [-0.25, -0.2) is 4.98 Å². The van der Waals surface area contributed by atoms with Gasteiger partial charge in [-0.3, -0.25) is 24.1 Å². The molecular weight excluding hydrogens is 655 g/mol. The monoisotopic (exact) mass is 713 g/mol. The number of rotatable bonds is 19. The molecular formula is C38H59N5O6S. The van der Waals surface area contributed by atoms with Crippen molar-refractivity contribution in [1.29, 1.82) is 0 Å². The average Bonchev–Trinajstić information content (AvgIpc) is 3.71. The zero-order valence-electron chi connectivity index (χ0n) is 31.4. The minimum Gasteiger partial charge on any atom is -0.481 e. The van der Waals surface area contributed by atoms with Crippen molar-refractivity contribution in [3.05, 3.63) is 52.0 Å². The number of carboxylic acid groups (broad SMARTS) is 1. The number of thiazole rings is 1. The molecule has 0 unspecified atom stereocenters. The Labute approximate surface area is 302 Å². The second kappa shape index (κ2) is 18.8. The quantitative estimate of drug-likeness (QED) is 0.172. The highest BCUT2D eigenvalue weighted by atomic mass is 32.1. The summed E-state index contributed by atoms with van der Waals surface area (Å²) < 4.78 is 6.19. The van der Waals surface area contributed by atoms with Crippen LogP contribution in [0.4, 0.5) is 0 Å². The second-order valence-corrected chi connectivity index (χ2v) is 15.4. The topological polar surface area (TPSA) is 141 Å². The van der Waals surface area contributed by atoms with E-state index in [4.69, 9.17) is 9.72 Å². The number of carbonyl (C=O) groups is 4. The van der Waals surface area contributed by atoms with Crippen LogP contribution in [0.2, 0.25) is 0 Å². The lowest BCUT2D eigenvalue weighted by Crippen LogP contribution is -2.60. The number of amides is 3. The summed E-state index contributed by atoms with van der Waals surface area (Å²) in [5, 5.41) is 18.0. The van der Waals surface area contributed by atoms with Gasteiger partial charge in [0.05, 0.1) is 11.5 Å². The zero-order chi connectivity index (χ0) is 37.2. The highest BCUT2D eigenvalue weighted by Crippen LogP contribution is 2.32. The van der Waals surface area contributed by atoms with Gasteiger partial charge in [-0.15, -0.1) is 11.3 Å². The highest BCUT2D eigenvalue weighted by Gasteiger charge is 2.44. The van der Waals surface area contributed by atoms with Crippen molar-refractivity contribution in [1.82, 2.24) is 25.4 Å². The molecule has 7 atom stereocenters. The van der Waals surface area contributed by atoms with E-state index in [1.54, 1.807) is 24.3 Å². The van der Waals surface area contributed by atoms with E-state index >= 15 is 0 Å². The summed E-state index contributed by atoms with van der Waals surface area (Å²) in [7, 11) is 3.75. The van der Waals surface area contributed by atoms with Gasteiger partial charge in [-0.05, 0) is 70.5 Å². The van der Waals surface area contributed by atoms with Gasteiger partial charge in [0.25, 0.3) is 5.91 Å². The Morgan fingerprint density at radius 1 is 1.08 bits per heavy atom. The molecule has 0 bridgehead atoms. The number of hydrogen-bond donors (Lipinski definition) is 3. The normalized spacial score (nSPS) is 20.0. The van der Waals surface area contributed by atoms with Crippen molar-refractivity contribution in [3.8, 4) is 0 Å². The van der Waals surface area contributed by atoms with Crippen LogP contribution in [0.1, 0.15) is 108 Å². The zero-order valence-corrected chi connectivity index (χ0v) is 32.2. The Morgan fingerprint density at radius 3 is 2.32 bits per heavy atom. The first-order valence-electron chi connectivity index (χ1n) is 18.1. The van der Waals surface area contributed by atoms with E-state index in [1.807, 2.05) is 65.1 Å². The SMILES string of the molecule is CCO[C@H](C[C@H](C(C)C)N(C)C(=O)[C@@H](NC(=O)[C@@]1(C)CCCN1C)[C@@H](C)CC)c1nc(C(=O)N[C@@H](Cc2ccccc2)C[C@H](C)C(=O)O)cs1. The predicted molar refractivity (Wildman–Crippen MR) is 197 cm³/mol. The molecule has 1 aliphatic rings. The van der Waals surface area contributed by atoms with Crippen LogP contribution >= 0.6 is 11.3 Å². The molecule has 2 aromatic rings. The van der Waals surface area contributed by atoms with Crippen LogP contribution in [0.5, 0.6) is 0 Å². The maximum Gasteiger partial charge on any atom is 0.306 e. The van der Waals surface area contributed by atoms with Crippen molar-refractivity contribution in [2.75, 3.05) is 27.2 Å². The molecule has 2 heterocycles. The lowest BCUT2D eigenvalue weighted by atomic mass is 9.91. The second-order valence-electron chi connectivity index (χ2n) is 14.5. The van der Waals surface area contributed by atoms with Crippen LogP contribution in [-0.2, 0) is 25.5 Å². The maximum atomic E-state index is 14.2. The fraction of sp³-hybridized carbons (Fsp3) is 0.658. The molecule has 1 aromatic carbocycles. The number of likely N-dealkylation sites (N-methyl/N-ethyl adjacent to an activating group) is 2. The third-order valence-corrected chi connectivity index (χ3v) is 11.4. The first-order valence-corrected chi connectivity index (χ1v) is 18.9. The Balaban J connectivity index is 1.79. The number of ether oxygens (including phenoxy) is 1. The summed E-state index contributed by atoms with van der Waals surface area (Å²) in [6.45, 7) is 14.9. The van der Waals surface area contributed by atoms with Crippen LogP contribution in [0.15, 0.2) is 35.7 Å². The Hall–Kier alpha value is -3.35. The molecule has 0 spiro atoms. The first kappa shape index (κ1) is 41.1. The van der Waals surface area contributed by atoms with Gasteiger partial charge in [-0.1, -0.05) is 71.4 Å². The minimum absolute atomic E-state index is 0.0658. The van der Waals surface area contributed by atoms with Crippen LogP contribution in [0.3, 0.4) is 0 Å². The summed E-state index contributed by atoms with van der Waals surface area (Å²) in [5.41, 5.74) is 0.595. The van der Waals surface area contributed by atoms with Crippen LogP contribution in [0, 0.1) is 17.8 Å². The molecule has 3 N–H and O–H groups in total. The molecule has 3 rings (SSSR count). The molecule has 50 heavy (non-hydrogen) atoms. The predicted octanol–water partition coefficient (Wildman–Crippen LogP) is 5.56. The van der Waals surface area contributed by atoms with Crippen LogP contribution in [0.25, 0.3) is 0 Å². The van der Waals surface area contributed by atoms with E-state index in [1.165, 1.54) is 11.3 Å². The minimum atomic E-state index is -0.912. The lowest BCUT2D eigenvalue weighted by molar-refractivity contribution is -0.142. The first-order chi connectivity index (χ1) is 23.6. The standard InChI is InChI=1S/C38H59N5O6S/c1-10-25(5)32(41-37(48)38(7)18-15-19-42(38)8)35(45)43(9)30(24(3)4)22-31(49-11-2)34-40-29(23-50-34)33(44)39-28(20-26(6)36(46)47)21-27-16-13-12-14-17-27/h12-14,16-17,23-26,28,30-32H,10-11,15,18-22H2,1-9H3,(H,39,44)(H,41,48)(H,46,47)/t25-,26-,28+,30+,31+,32-,38+/m0/s1. The number of aliphatic carboxylic acids is 1. The molecule has 1 fully saturated rings. The van der Waals surface area contributed by atoms with Gasteiger partial charge < -0.3 is 25.4 Å². The number of hydrogen-bond acceptors (Lipinski definition) is 8. The molecule has 0 saturated carbocycles. The molecule has 278 valence electrons. The van der Waals surface area contributed by atoms with Crippen LogP contribution in [-0.4, -0.2) is 94.5 Å². The maximum absolute atomic E-state index is 14.2. The number of aromatic nitrogens is 1. The molecule has 0 aliphatic carbocycles. The van der Waals surface area contributed by atoms with Crippen LogP contribution < -0.4 is 10.6 Å². The Kier molecular flexibility index (Phi) is 15.4. The third-order valence-electron chi connectivity index (χ3n) is 10.4. The van der Waals surface area contributed by atoms with Crippen molar-refractivity contribution in [2.24, 2.45) is 17.8 Å². The van der Waals surface area contributed by atoms with Gasteiger partial charge in [-0.2, -0.15) is 0 Å². The summed E-state index contributed by atoms with van der Waals surface area (Å²) in [5.74, 6) is -2.17. The summed E-state index contributed by atoms with van der Waals surface area (Å²) >= 11 is 1.33. The Morgan fingerprint density at radius 2 is 1.76 bits per heavy atom. The van der Waals surface area contributed by atoms with Gasteiger partial charge in [0.15, 0.2) is 0 Å². The van der Waals surface area contributed by atoms with Gasteiger partial charge in [0, 0.05) is 37.5 Å². The van der Waals surface area contributed by atoms with E-state index in [0.29, 0.717) is 24.5 Å². The summed E-state index contributed by atoms with van der Waals surface area (Å²) in [4.78, 5) is 61.4. The van der Waals surface area contributed by atoms with E-state index < -0.39 is 35.6 Å². The third kappa shape index (κ3) is 10.6. The molecule has 12 heteroatoms. The van der Waals surface area contributed by atoms with E-state index in [2.05, 4.69) is 29.4 Å². The average molecular weight is 714 g/mol. The fourth-order valence-corrected chi connectivity index (χ4v) is 7.56. The number of likely N-dealkylation sites (tertiary alicyclic amines) is 1. The van der Waals surface area contributed by atoms with Crippen molar-refractivity contribution < 1.29 is 29.0 Å². The van der Waals surface area contributed by atoms with Gasteiger partial charge in [0.1, 0.15) is 22.8 Å². The number of benzene rings is 1. The van der Waals surface area contributed by atoms with Crippen molar-refractivity contribution in [2.45, 2.75) is 117 Å². The van der Waals surface area contributed by atoms with Gasteiger partial charge >= 0.3 is 5.97 Å². The largest absolute Gasteiger partial charge is 0.481 e. The number of nitrogens with one attached hydrogen (secondary N) is 2. The molecule has 11 nitrogen and oxygen atoms in total. The lowest BCUT2D eigenvalue weighted by Gasteiger charge is -2.38. The molecule has 1 aliphatic heterocycles. The Bertz CT molecular complexity index is 1420. The van der Waals surface area contributed by atoms with Crippen molar-refractivity contribution >= 4 is 35.0 Å². The molecule has 0 radical (unpaired) electrons. The number of carbonyl (C=O) groups excluding carboxylic acids is 3. The fourth-order valence-electron chi connectivity index (χ4n) is 6.70. The van der Waals surface area contributed by atoms with Crippen molar-refractivity contribution in [3.63, 3.8) is 0 Å². The number of nitrogens with zero attached hydrogens (tertiary/aromatic N) is 3. The van der Waals surface area contributed by atoms with E-state index in [-0.39, 0.29) is 47.7 Å². The van der Waals surface area contributed by atoms with Gasteiger partial charge in [0.2, 0.25) is 11.8 Å². The molecule has 3 amide bonds. The molecule has 1 aromatic heterocycles. The molecule has 1 saturated heterocycles. The smallest absolute Gasteiger partial charge is 0.306 e. The van der Waals surface area contributed by atoms with E-state index in [9.17, 15) is 24.3 Å². The number of carboxylic acids is 1.